The number of amides is 1. The van der Waals surface area contributed by atoms with Crippen LogP contribution in [0.15, 0.2) is 22.6 Å². The summed E-state index contributed by atoms with van der Waals surface area (Å²) in [7, 11) is 4.13. The molecule has 1 aliphatic heterocycles. The number of nitrogens with zero attached hydrogens (tertiary/aromatic N) is 3. The first-order chi connectivity index (χ1) is 10.5. The molecule has 2 aromatic rings. The Labute approximate surface area is 130 Å². The van der Waals surface area contributed by atoms with Gasteiger partial charge in [0.05, 0.1) is 0 Å². The van der Waals surface area contributed by atoms with Crippen LogP contribution in [0, 0.1) is 0 Å². The molecule has 0 N–H and O–H groups in total. The van der Waals surface area contributed by atoms with Crippen LogP contribution in [0.1, 0.15) is 42.4 Å². The fourth-order valence-corrected chi connectivity index (χ4v) is 2.86. The summed E-state index contributed by atoms with van der Waals surface area (Å²) in [4.78, 5) is 21.2. The van der Waals surface area contributed by atoms with Gasteiger partial charge in [0.25, 0.3) is 5.91 Å². The van der Waals surface area contributed by atoms with E-state index in [9.17, 15) is 4.79 Å². The maximum Gasteiger partial charge on any atom is 0.253 e. The van der Waals surface area contributed by atoms with E-state index < -0.39 is 0 Å². The third kappa shape index (κ3) is 2.73. The number of carbonyl (C=O) groups excluding carboxylic acids is 1. The van der Waals surface area contributed by atoms with Gasteiger partial charge < -0.3 is 14.2 Å². The second-order valence-corrected chi connectivity index (χ2v) is 6.55. The van der Waals surface area contributed by atoms with Crippen molar-refractivity contribution in [1.29, 1.82) is 0 Å². The zero-order valence-electron chi connectivity index (χ0n) is 13.7. The predicted molar refractivity (Wildman–Crippen MR) is 86.1 cm³/mol. The van der Waals surface area contributed by atoms with Crippen molar-refractivity contribution < 1.29 is 9.21 Å². The summed E-state index contributed by atoms with van der Waals surface area (Å²) >= 11 is 0. The van der Waals surface area contributed by atoms with E-state index in [0.717, 1.165) is 30.6 Å². The summed E-state index contributed by atoms with van der Waals surface area (Å²) in [6.07, 6.45) is 1.03. The maximum atomic E-state index is 12.6. The van der Waals surface area contributed by atoms with Crippen molar-refractivity contribution >= 4 is 17.0 Å². The molecule has 1 aromatic heterocycles. The van der Waals surface area contributed by atoms with Gasteiger partial charge in [-0.2, -0.15) is 0 Å². The molecule has 1 atom stereocenters. The number of hydrogen-bond donors (Lipinski definition) is 0. The van der Waals surface area contributed by atoms with Crippen LogP contribution in [0.2, 0.25) is 0 Å². The molecule has 5 nitrogen and oxygen atoms in total. The van der Waals surface area contributed by atoms with E-state index >= 15 is 0 Å². The van der Waals surface area contributed by atoms with E-state index in [2.05, 4.69) is 24.0 Å². The summed E-state index contributed by atoms with van der Waals surface area (Å²) in [5, 5.41) is 0. The van der Waals surface area contributed by atoms with E-state index in [0.29, 0.717) is 17.5 Å². The second kappa shape index (κ2) is 5.72. The first kappa shape index (κ1) is 15.0. The van der Waals surface area contributed by atoms with Crippen LogP contribution in [0.4, 0.5) is 0 Å². The standard InChI is InChI=1S/C17H23N3O2/c1-11(2)16-18-14-9-12(5-6-15(14)22-16)17(21)20-8-7-13(10-20)19(3)4/h5-6,9,11,13H,7-8,10H2,1-4H3/t13-/m0/s1. The molecule has 22 heavy (non-hydrogen) atoms. The third-order valence-corrected chi connectivity index (χ3v) is 4.33. The minimum atomic E-state index is 0.0837. The molecule has 0 bridgehead atoms. The Bertz CT molecular complexity index is 690. The molecule has 3 rings (SSSR count). The quantitative estimate of drug-likeness (QED) is 0.874. The molecule has 5 heteroatoms. The highest BCUT2D eigenvalue weighted by Gasteiger charge is 2.28. The van der Waals surface area contributed by atoms with Crippen LogP contribution in [-0.4, -0.2) is 53.9 Å². The number of benzene rings is 1. The number of oxazole rings is 1. The van der Waals surface area contributed by atoms with Gasteiger partial charge in [0, 0.05) is 30.6 Å². The van der Waals surface area contributed by atoms with Crippen molar-refractivity contribution in [2.24, 2.45) is 0 Å². The number of carbonyl (C=O) groups is 1. The van der Waals surface area contributed by atoms with Crippen molar-refractivity contribution in [2.75, 3.05) is 27.2 Å². The summed E-state index contributed by atoms with van der Waals surface area (Å²) < 4.78 is 5.70. The first-order valence-electron chi connectivity index (χ1n) is 7.82. The monoisotopic (exact) mass is 301 g/mol. The zero-order valence-corrected chi connectivity index (χ0v) is 13.7. The Balaban J connectivity index is 1.82. The lowest BCUT2D eigenvalue weighted by Gasteiger charge is -2.20. The third-order valence-electron chi connectivity index (χ3n) is 4.33. The van der Waals surface area contributed by atoms with Crippen LogP contribution in [0.5, 0.6) is 0 Å². The van der Waals surface area contributed by atoms with Gasteiger partial charge >= 0.3 is 0 Å². The lowest BCUT2D eigenvalue weighted by atomic mass is 10.2. The maximum absolute atomic E-state index is 12.6. The highest BCUT2D eigenvalue weighted by Crippen LogP contribution is 2.23. The van der Waals surface area contributed by atoms with Gasteiger partial charge in [-0.15, -0.1) is 0 Å². The van der Waals surface area contributed by atoms with E-state index in [4.69, 9.17) is 4.42 Å². The number of hydrogen-bond acceptors (Lipinski definition) is 4. The van der Waals surface area contributed by atoms with Gasteiger partial charge in [-0.3, -0.25) is 4.79 Å². The van der Waals surface area contributed by atoms with Gasteiger partial charge in [-0.05, 0) is 38.7 Å². The largest absolute Gasteiger partial charge is 0.440 e. The number of aromatic nitrogens is 1. The molecule has 1 saturated heterocycles. The van der Waals surface area contributed by atoms with Gasteiger partial charge in [0.1, 0.15) is 5.52 Å². The molecular weight excluding hydrogens is 278 g/mol. The van der Waals surface area contributed by atoms with Crippen LogP contribution in [-0.2, 0) is 0 Å². The van der Waals surface area contributed by atoms with Gasteiger partial charge in [-0.25, -0.2) is 4.98 Å². The molecule has 1 aliphatic rings. The highest BCUT2D eigenvalue weighted by molar-refractivity contribution is 5.97. The number of rotatable bonds is 3. The van der Waals surface area contributed by atoms with Crippen molar-refractivity contribution in [3.8, 4) is 0 Å². The number of fused-ring (bicyclic) bond motifs is 1. The Morgan fingerprint density at radius 1 is 1.41 bits per heavy atom. The molecule has 1 fully saturated rings. The topological polar surface area (TPSA) is 49.6 Å². The van der Waals surface area contributed by atoms with Gasteiger partial charge in [-0.1, -0.05) is 13.8 Å². The van der Waals surface area contributed by atoms with Crippen molar-refractivity contribution in [2.45, 2.75) is 32.2 Å². The lowest BCUT2D eigenvalue weighted by Crippen LogP contribution is -2.34. The fourth-order valence-electron chi connectivity index (χ4n) is 2.86. The molecule has 1 aromatic carbocycles. The van der Waals surface area contributed by atoms with E-state index in [1.165, 1.54) is 0 Å². The summed E-state index contributed by atoms with van der Waals surface area (Å²) in [6.45, 7) is 5.69. The average molecular weight is 301 g/mol. The Hall–Kier alpha value is -1.88. The van der Waals surface area contributed by atoms with Crippen LogP contribution >= 0.6 is 0 Å². The van der Waals surface area contributed by atoms with Gasteiger partial charge in [0.15, 0.2) is 11.5 Å². The predicted octanol–water partition coefficient (Wildman–Crippen LogP) is 2.73. The average Bonchev–Trinajstić information content (AvgIpc) is 3.12. The van der Waals surface area contributed by atoms with Crippen LogP contribution < -0.4 is 0 Å². The van der Waals surface area contributed by atoms with Gasteiger partial charge in [0.2, 0.25) is 0 Å². The summed E-state index contributed by atoms with van der Waals surface area (Å²) in [5.41, 5.74) is 2.20. The Kier molecular flexibility index (Phi) is 3.91. The zero-order chi connectivity index (χ0) is 15.9. The Morgan fingerprint density at radius 2 is 2.18 bits per heavy atom. The number of likely N-dealkylation sites (N-methyl/N-ethyl adjacent to an activating group) is 1. The SMILES string of the molecule is CC(C)c1nc2cc(C(=O)N3CC[C@H](N(C)C)C3)ccc2o1. The first-order valence-corrected chi connectivity index (χ1v) is 7.82. The molecule has 0 saturated carbocycles. The van der Waals surface area contributed by atoms with Crippen molar-refractivity contribution in [3.63, 3.8) is 0 Å². The summed E-state index contributed by atoms with van der Waals surface area (Å²) in [6, 6.07) is 5.98. The summed E-state index contributed by atoms with van der Waals surface area (Å²) in [5.74, 6) is 1.04. The molecule has 0 spiro atoms. The molecule has 118 valence electrons. The molecule has 0 aliphatic carbocycles. The highest BCUT2D eigenvalue weighted by atomic mass is 16.3. The minimum Gasteiger partial charge on any atom is -0.440 e. The molecular formula is C17H23N3O2. The van der Waals surface area contributed by atoms with E-state index in [-0.39, 0.29) is 11.8 Å². The molecule has 1 amide bonds. The minimum absolute atomic E-state index is 0.0837. The normalized spacial score (nSPS) is 18.8. The smallest absolute Gasteiger partial charge is 0.253 e. The van der Waals surface area contributed by atoms with Crippen molar-refractivity contribution in [3.05, 3.63) is 29.7 Å². The van der Waals surface area contributed by atoms with E-state index in [1.807, 2.05) is 36.9 Å². The Morgan fingerprint density at radius 3 is 2.82 bits per heavy atom. The molecule has 2 heterocycles. The lowest BCUT2D eigenvalue weighted by molar-refractivity contribution is 0.0783. The molecule has 0 unspecified atom stereocenters. The molecule has 0 radical (unpaired) electrons. The van der Waals surface area contributed by atoms with Crippen LogP contribution in [0.3, 0.4) is 0 Å². The fraction of sp³-hybridized carbons (Fsp3) is 0.529. The van der Waals surface area contributed by atoms with E-state index in [1.54, 1.807) is 0 Å². The van der Waals surface area contributed by atoms with Crippen LogP contribution in [0.25, 0.3) is 11.1 Å². The number of likely N-dealkylation sites (tertiary alicyclic amines) is 1. The van der Waals surface area contributed by atoms with Crippen molar-refractivity contribution in [1.82, 2.24) is 14.8 Å². The second-order valence-electron chi connectivity index (χ2n) is 6.55.